The van der Waals surface area contributed by atoms with Gasteiger partial charge in [-0.25, -0.2) is 9.50 Å². The molecular weight excluding hydrogens is 410 g/mol. The maximum atomic E-state index is 11.3. The second-order valence-electron chi connectivity index (χ2n) is 7.98. The Labute approximate surface area is 183 Å². The number of fused-ring (bicyclic) bond motifs is 1. The van der Waals surface area contributed by atoms with Crippen LogP contribution < -0.4 is 5.32 Å². The number of carbonyl (C=O) groups is 1. The molecule has 1 amide bonds. The molecule has 0 aromatic carbocycles. The number of rotatable bonds is 6. The quantitative estimate of drug-likeness (QED) is 0.478. The Kier molecular flexibility index (Phi) is 4.71. The summed E-state index contributed by atoms with van der Waals surface area (Å²) in [4.78, 5) is 16.1. The van der Waals surface area contributed by atoms with Gasteiger partial charge in [0.1, 0.15) is 5.69 Å². The second-order valence-corrected chi connectivity index (χ2v) is 7.98. The number of hydrogen-bond acceptors (Lipinski definition) is 7. The van der Waals surface area contributed by atoms with Crippen molar-refractivity contribution in [2.75, 3.05) is 12.4 Å². The first-order chi connectivity index (χ1) is 15.5. The fraction of sp³-hybridized carbons (Fsp3) is 0.333. The Hall–Kier alpha value is -4.04. The first kappa shape index (κ1) is 19.9. The predicted octanol–water partition coefficient (Wildman–Crippen LogP) is 2.36. The largest absolute Gasteiger partial charge is 0.381 e. The van der Waals surface area contributed by atoms with E-state index in [-0.39, 0.29) is 17.6 Å². The third-order valence-electron chi connectivity index (χ3n) is 5.85. The van der Waals surface area contributed by atoms with Crippen LogP contribution in [0.4, 0.5) is 5.82 Å². The zero-order chi connectivity index (χ0) is 22.3. The van der Waals surface area contributed by atoms with Crippen LogP contribution in [0.15, 0.2) is 36.9 Å². The standard InChI is InChI=1S/C21H21N9O2/c1-13(31)25-19-7-16(27-28-19)17-12-29-18(3-6-23-29)20(26-17)14-10-24-30(11-14)21(4-5-22)8-15(9-21)32-2/h3,6-7,10-12,15H,4,8-9H2,1-2H3,(H2,25,27,28,31). The fourth-order valence-electron chi connectivity index (χ4n) is 4.19. The van der Waals surface area contributed by atoms with Gasteiger partial charge in [0.2, 0.25) is 5.91 Å². The summed E-state index contributed by atoms with van der Waals surface area (Å²) in [6.45, 7) is 1.42. The molecule has 0 saturated heterocycles. The van der Waals surface area contributed by atoms with Gasteiger partial charge in [-0.2, -0.15) is 20.6 Å². The lowest BCUT2D eigenvalue weighted by atomic mass is 9.72. The van der Waals surface area contributed by atoms with Gasteiger partial charge in [-0.3, -0.25) is 14.6 Å². The van der Waals surface area contributed by atoms with Crippen molar-refractivity contribution in [2.45, 2.75) is 37.8 Å². The normalized spacial score (nSPS) is 20.1. The van der Waals surface area contributed by atoms with Gasteiger partial charge in [-0.15, -0.1) is 0 Å². The van der Waals surface area contributed by atoms with E-state index in [4.69, 9.17) is 9.72 Å². The number of nitrogens with one attached hydrogen (secondary N) is 2. The summed E-state index contributed by atoms with van der Waals surface area (Å²) in [6.07, 6.45) is 9.17. The summed E-state index contributed by atoms with van der Waals surface area (Å²) in [7, 11) is 1.69. The second kappa shape index (κ2) is 7.58. The summed E-state index contributed by atoms with van der Waals surface area (Å²) >= 11 is 0. The predicted molar refractivity (Wildman–Crippen MR) is 114 cm³/mol. The molecule has 0 radical (unpaired) electrons. The molecule has 11 nitrogen and oxygen atoms in total. The first-order valence-corrected chi connectivity index (χ1v) is 10.1. The summed E-state index contributed by atoms with van der Waals surface area (Å²) in [5.74, 6) is 0.213. The molecule has 4 aromatic heterocycles. The van der Waals surface area contributed by atoms with Crippen molar-refractivity contribution < 1.29 is 9.53 Å². The SMILES string of the molecule is COC1CC(CC#N)(n2cc(-c3nc(-c4cc(NC(C)=O)n[nH]4)cn4nccc34)cn2)C1. The Bertz CT molecular complexity index is 1340. The average Bonchev–Trinajstić information content (AvgIpc) is 3.49. The first-order valence-electron chi connectivity index (χ1n) is 10.1. The van der Waals surface area contributed by atoms with Crippen molar-refractivity contribution in [3.63, 3.8) is 0 Å². The molecule has 32 heavy (non-hydrogen) atoms. The number of carbonyl (C=O) groups excluding carboxylic acids is 1. The third kappa shape index (κ3) is 3.30. The highest BCUT2D eigenvalue weighted by molar-refractivity contribution is 5.88. The van der Waals surface area contributed by atoms with Crippen LogP contribution >= 0.6 is 0 Å². The minimum Gasteiger partial charge on any atom is -0.381 e. The van der Waals surface area contributed by atoms with Crippen LogP contribution in [0.5, 0.6) is 0 Å². The molecule has 0 bridgehead atoms. The van der Waals surface area contributed by atoms with Crippen molar-refractivity contribution in [1.29, 1.82) is 5.26 Å². The third-order valence-corrected chi connectivity index (χ3v) is 5.85. The Morgan fingerprint density at radius 1 is 1.41 bits per heavy atom. The number of anilines is 1. The fourth-order valence-corrected chi connectivity index (χ4v) is 4.19. The molecule has 4 heterocycles. The molecule has 1 fully saturated rings. The summed E-state index contributed by atoms with van der Waals surface area (Å²) in [6, 6.07) is 5.89. The molecule has 1 aliphatic rings. The number of methoxy groups -OCH3 is 1. The Balaban J connectivity index is 1.54. The van der Waals surface area contributed by atoms with Crippen LogP contribution in [0.2, 0.25) is 0 Å². The number of amides is 1. The zero-order valence-corrected chi connectivity index (χ0v) is 17.6. The lowest BCUT2D eigenvalue weighted by Crippen LogP contribution is -2.50. The molecule has 162 valence electrons. The van der Waals surface area contributed by atoms with Gasteiger partial charge in [0.05, 0.1) is 59.6 Å². The topological polar surface area (TPSA) is 139 Å². The van der Waals surface area contributed by atoms with Crippen LogP contribution in [-0.4, -0.2) is 53.7 Å². The van der Waals surface area contributed by atoms with E-state index >= 15 is 0 Å². The summed E-state index contributed by atoms with van der Waals surface area (Å²) in [5, 5.41) is 27.9. The highest BCUT2D eigenvalue weighted by Gasteiger charge is 2.47. The number of nitrogens with zero attached hydrogens (tertiary/aromatic N) is 7. The minimum absolute atomic E-state index is 0.136. The molecule has 0 aliphatic heterocycles. The molecule has 5 rings (SSSR count). The lowest BCUT2D eigenvalue weighted by Gasteiger charge is -2.45. The van der Waals surface area contributed by atoms with Gasteiger partial charge in [0, 0.05) is 31.9 Å². The van der Waals surface area contributed by atoms with Crippen LogP contribution in [0.1, 0.15) is 26.2 Å². The van der Waals surface area contributed by atoms with Gasteiger partial charge in [0.15, 0.2) is 5.82 Å². The lowest BCUT2D eigenvalue weighted by molar-refractivity contribution is -0.114. The van der Waals surface area contributed by atoms with E-state index in [9.17, 15) is 10.1 Å². The highest BCUT2D eigenvalue weighted by Crippen LogP contribution is 2.43. The number of hydrogen-bond donors (Lipinski definition) is 2. The number of ether oxygens (including phenoxy) is 1. The molecule has 0 atom stereocenters. The van der Waals surface area contributed by atoms with E-state index in [1.807, 2.05) is 16.9 Å². The average molecular weight is 431 g/mol. The summed E-state index contributed by atoms with van der Waals surface area (Å²) in [5.41, 5.74) is 3.24. The van der Waals surface area contributed by atoms with Gasteiger partial charge < -0.3 is 10.1 Å². The van der Waals surface area contributed by atoms with Crippen molar-refractivity contribution in [2.24, 2.45) is 0 Å². The van der Waals surface area contributed by atoms with Crippen LogP contribution in [-0.2, 0) is 15.1 Å². The van der Waals surface area contributed by atoms with E-state index < -0.39 is 0 Å². The van der Waals surface area contributed by atoms with Gasteiger partial charge in [0.25, 0.3) is 0 Å². The van der Waals surface area contributed by atoms with E-state index in [0.717, 1.165) is 23.9 Å². The Morgan fingerprint density at radius 2 is 2.25 bits per heavy atom. The molecule has 0 unspecified atom stereocenters. The van der Waals surface area contributed by atoms with Crippen LogP contribution in [0.3, 0.4) is 0 Å². The molecular formula is C21H21N9O2. The number of H-pyrrole nitrogens is 1. The summed E-state index contributed by atoms with van der Waals surface area (Å²) < 4.78 is 9.04. The molecule has 0 spiro atoms. The smallest absolute Gasteiger partial charge is 0.222 e. The molecule has 1 aliphatic carbocycles. The van der Waals surface area contributed by atoms with Crippen LogP contribution in [0, 0.1) is 11.3 Å². The maximum absolute atomic E-state index is 11.3. The number of aromatic nitrogens is 7. The Morgan fingerprint density at radius 3 is 3.00 bits per heavy atom. The van der Waals surface area contributed by atoms with Gasteiger partial charge in [-0.05, 0) is 18.9 Å². The molecule has 2 N–H and O–H groups in total. The van der Waals surface area contributed by atoms with E-state index in [2.05, 4.69) is 31.8 Å². The van der Waals surface area contributed by atoms with Crippen molar-refractivity contribution in [3.8, 4) is 28.7 Å². The van der Waals surface area contributed by atoms with Crippen molar-refractivity contribution in [1.82, 2.24) is 34.6 Å². The van der Waals surface area contributed by atoms with E-state index in [1.165, 1.54) is 6.92 Å². The molecule has 11 heteroatoms. The van der Waals surface area contributed by atoms with Crippen molar-refractivity contribution in [3.05, 3.63) is 36.9 Å². The zero-order valence-electron chi connectivity index (χ0n) is 17.6. The number of aromatic amines is 1. The van der Waals surface area contributed by atoms with E-state index in [1.54, 1.807) is 36.3 Å². The van der Waals surface area contributed by atoms with Crippen molar-refractivity contribution >= 4 is 17.2 Å². The van der Waals surface area contributed by atoms with Gasteiger partial charge >= 0.3 is 0 Å². The maximum Gasteiger partial charge on any atom is 0.222 e. The minimum atomic E-state index is -0.363. The van der Waals surface area contributed by atoms with E-state index in [0.29, 0.717) is 29.3 Å². The monoisotopic (exact) mass is 431 g/mol. The molecule has 4 aromatic rings. The highest BCUT2D eigenvalue weighted by atomic mass is 16.5. The number of nitriles is 1. The molecule has 1 saturated carbocycles. The van der Waals surface area contributed by atoms with Gasteiger partial charge in [-0.1, -0.05) is 0 Å². The van der Waals surface area contributed by atoms with Crippen LogP contribution in [0.25, 0.3) is 28.2 Å².